The number of unbranched alkanes of at least 4 members (excludes halogenated alkanes) is 1. The summed E-state index contributed by atoms with van der Waals surface area (Å²) in [6, 6.07) is 21.6. The fourth-order valence-electron chi connectivity index (χ4n) is 4.24. The minimum atomic E-state index is -0.559. The monoisotopic (exact) mass is 601 g/mol. The Morgan fingerprint density at radius 2 is 1.58 bits per heavy atom. The highest BCUT2D eigenvalue weighted by molar-refractivity contribution is 7.15. The van der Waals surface area contributed by atoms with E-state index < -0.39 is 11.7 Å². The first-order valence-electron chi connectivity index (χ1n) is 14.5. The zero-order valence-corrected chi connectivity index (χ0v) is 25.7. The van der Waals surface area contributed by atoms with Gasteiger partial charge in [-0.1, -0.05) is 65.9 Å². The zero-order chi connectivity index (χ0) is 30.5. The van der Waals surface area contributed by atoms with Gasteiger partial charge in [-0.25, -0.2) is 4.79 Å². The van der Waals surface area contributed by atoms with Gasteiger partial charge in [-0.15, -0.1) is 15.3 Å². The van der Waals surface area contributed by atoms with Crippen LogP contribution in [0.1, 0.15) is 61.0 Å². The normalized spacial score (nSPS) is 11.1. The van der Waals surface area contributed by atoms with Gasteiger partial charge in [-0.3, -0.25) is 4.79 Å². The Morgan fingerprint density at radius 3 is 2.35 bits per heavy atom. The predicted molar refractivity (Wildman–Crippen MR) is 169 cm³/mol. The van der Waals surface area contributed by atoms with Gasteiger partial charge in [0.25, 0.3) is 0 Å². The van der Waals surface area contributed by atoms with Crippen molar-refractivity contribution in [2.75, 3.05) is 17.2 Å². The number of aryl methyl sites for hydroxylation is 2. The van der Waals surface area contributed by atoms with Gasteiger partial charge < -0.3 is 20.7 Å². The number of anilines is 2. The zero-order valence-electron chi connectivity index (χ0n) is 24.9. The SMILES string of the molecule is CC(C)(C)OC(=O)NCc1cccc(CC(=O)Nc2ccc(CCCCc3nnc(NCCc4ccccc4)s3)nn2)c1. The Morgan fingerprint density at radius 1 is 0.814 bits per heavy atom. The molecule has 0 aliphatic heterocycles. The van der Waals surface area contributed by atoms with Crippen LogP contribution in [0.15, 0.2) is 66.7 Å². The van der Waals surface area contributed by atoms with Gasteiger partial charge >= 0.3 is 6.09 Å². The van der Waals surface area contributed by atoms with Crippen LogP contribution in [-0.2, 0) is 41.8 Å². The third-order valence-electron chi connectivity index (χ3n) is 6.25. The number of aromatic nitrogens is 4. The number of nitrogens with one attached hydrogen (secondary N) is 3. The van der Waals surface area contributed by atoms with E-state index in [2.05, 4.69) is 60.6 Å². The fourth-order valence-corrected chi connectivity index (χ4v) is 5.04. The minimum Gasteiger partial charge on any atom is -0.444 e. The van der Waals surface area contributed by atoms with Crippen LogP contribution in [0.4, 0.5) is 15.7 Å². The molecule has 2 heterocycles. The van der Waals surface area contributed by atoms with Crippen molar-refractivity contribution in [2.24, 2.45) is 0 Å². The Kier molecular flexibility index (Phi) is 11.5. The van der Waals surface area contributed by atoms with Gasteiger partial charge in [0.2, 0.25) is 11.0 Å². The van der Waals surface area contributed by atoms with E-state index in [4.69, 9.17) is 4.74 Å². The standard InChI is InChI=1S/C32H39N7O3S/c1-32(2,3)42-31(41)34-22-25-13-9-12-24(20-25)21-28(40)35-27-17-16-26(36-37-27)14-7-8-15-29-38-39-30(43-29)33-19-18-23-10-5-4-6-11-23/h4-6,9-13,16-17,20H,7-8,14-15,18-19,21-22H2,1-3H3,(H,33,39)(H,34,41)(H,35,37,40). The molecule has 0 bridgehead atoms. The molecule has 0 fully saturated rings. The highest BCUT2D eigenvalue weighted by Crippen LogP contribution is 2.18. The molecule has 2 aromatic heterocycles. The van der Waals surface area contributed by atoms with Gasteiger partial charge in [0.1, 0.15) is 10.6 Å². The third-order valence-corrected chi connectivity index (χ3v) is 7.19. The quantitative estimate of drug-likeness (QED) is 0.156. The Balaban J connectivity index is 1.12. The van der Waals surface area contributed by atoms with Crippen molar-refractivity contribution in [3.05, 3.63) is 94.1 Å². The number of benzene rings is 2. The molecule has 10 nitrogen and oxygen atoms in total. The van der Waals surface area contributed by atoms with Crippen LogP contribution in [0.3, 0.4) is 0 Å². The largest absolute Gasteiger partial charge is 0.444 e. The molecular weight excluding hydrogens is 562 g/mol. The Hall–Kier alpha value is -4.38. The van der Waals surface area contributed by atoms with E-state index in [1.807, 2.05) is 57.2 Å². The lowest BCUT2D eigenvalue weighted by Crippen LogP contribution is -2.32. The summed E-state index contributed by atoms with van der Waals surface area (Å²) >= 11 is 1.60. The van der Waals surface area contributed by atoms with Gasteiger partial charge in [-0.2, -0.15) is 5.10 Å². The average Bonchev–Trinajstić information content (AvgIpc) is 3.42. The van der Waals surface area contributed by atoms with Crippen molar-refractivity contribution in [3.63, 3.8) is 0 Å². The number of nitrogens with zero attached hydrogens (tertiary/aromatic N) is 4. The van der Waals surface area contributed by atoms with Crippen LogP contribution in [-0.4, -0.2) is 44.5 Å². The van der Waals surface area contributed by atoms with E-state index in [1.54, 1.807) is 17.4 Å². The molecule has 0 aliphatic carbocycles. The third kappa shape index (κ3) is 11.8. The van der Waals surface area contributed by atoms with Gasteiger partial charge in [0.05, 0.1) is 12.1 Å². The summed E-state index contributed by atoms with van der Waals surface area (Å²) in [5.74, 6) is 0.225. The second-order valence-corrected chi connectivity index (χ2v) is 12.2. The number of ether oxygens (including phenoxy) is 1. The van der Waals surface area contributed by atoms with Crippen LogP contribution >= 0.6 is 11.3 Å². The molecule has 3 N–H and O–H groups in total. The molecule has 0 radical (unpaired) electrons. The van der Waals surface area contributed by atoms with Crippen molar-refractivity contribution in [3.8, 4) is 0 Å². The minimum absolute atomic E-state index is 0.180. The smallest absolute Gasteiger partial charge is 0.407 e. The first kappa shape index (κ1) is 31.6. The molecule has 2 amide bonds. The maximum atomic E-state index is 12.6. The van der Waals surface area contributed by atoms with Crippen LogP contribution in [0.2, 0.25) is 0 Å². The summed E-state index contributed by atoms with van der Waals surface area (Å²) in [7, 11) is 0. The summed E-state index contributed by atoms with van der Waals surface area (Å²) in [5, 5.41) is 27.8. The average molecular weight is 602 g/mol. The molecule has 0 aliphatic rings. The lowest BCUT2D eigenvalue weighted by atomic mass is 10.1. The van der Waals surface area contributed by atoms with E-state index in [9.17, 15) is 9.59 Å². The highest BCUT2D eigenvalue weighted by atomic mass is 32.1. The number of alkyl carbamates (subject to hydrolysis) is 1. The van der Waals surface area contributed by atoms with Crippen LogP contribution in [0, 0.1) is 0 Å². The summed E-state index contributed by atoms with van der Waals surface area (Å²) in [6.07, 6.45) is 4.25. The van der Waals surface area contributed by atoms with E-state index in [0.29, 0.717) is 12.4 Å². The molecule has 0 spiro atoms. The van der Waals surface area contributed by atoms with Gasteiger partial charge in [-0.05, 0) is 75.3 Å². The molecule has 11 heteroatoms. The van der Waals surface area contributed by atoms with Crippen LogP contribution in [0.5, 0.6) is 0 Å². The second kappa shape index (κ2) is 15.7. The maximum Gasteiger partial charge on any atom is 0.407 e. The topological polar surface area (TPSA) is 131 Å². The lowest BCUT2D eigenvalue weighted by molar-refractivity contribution is -0.115. The van der Waals surface area contributed by atoms with Crippen molar-refractivity contribution in [2.45, 2.75) is 71.4 Å². The molecule has 226 valence electrons. The van der Waals surface area contributed by atoms with Crippen molar-refractivity contribution >= 4 is 34.3 Å². The van der Waals surface area contributed by atoms with Crippen LogP contribution < -0.4 is 16.0 Å². The highest BCUT2D eigenvalue weighted by Gasteiger charge is 2.16. The molecule has 0 unspecified atom stereocenters. The first-order valence-corrected chi connectivity index (χ1v) is 15.3. The molecule has 43 heavy (non-hydrogen) atoms. The number of rotatable bonds is 14. The maximum absolute atomic E-state index is 12.6. The molecule has 4 aromatic rings. The van der Waals surface area contributed by atoms with Crippen molar-refractivity contribution in [1.29, 1.82) is 0 Å². The number of hydrogen-bond donors (Lipinski definition) is 3. The Bertz CT molecular complexity index is 1450. The molecule has 0 atom stereocenters. The molecule has 2 aromatic carbocycles. The lowest BCUT2D eigenvalue weighted by Gasteiger charge is -2.19. The van der Waals surface area contributed by atoms with Crippen LogP contribution in [0.25, 0.3) is 0 Å². The molecular formula is C32H39N7O3S. The molecule has 0 saturated heterocycles. The first-order chi connectivity index (χ1) is 20.7. The molecule has 0 saturated carbocycles. The Labute approximate surface area is 256 Å². The number of amides is 2. The van der Waals surface area contributed by atoms with Gasteiger partial charge in [0, 0.05) is 19.5 Å². The summed E-state index contributed by atoms with van der Waals surface area (Å²) in [5.41, 5.74) is 3.32. The summed E-state index contributed by atoms with van der Waals surface area (Å²) in [4.78, 5) is 24.5. The molecule has 4 rings (SSSR count). The van der Waals surface area contributed by atoms with E-state index in [0.717, 1.165) is 65.6 Å². The number of carbonyl (C=O) groups is 2. The van der Waals surface area contributed by atoms with Crippen molar-refractivity contribution in [1.82, 2.24) is 25.7 Å². The van der Waals surface area contributed by atoms with Crippen molar-refractivity contribution < 1.29 is 14.3 Å². The summed E-state index contributed by atoms with van der Waals surface area (Å²) in [6.45, 7) is 6.58. The fraction of sp³-hybridized carbons (Fsp3) is 0.375. The summed E-state index contributed by atoms with van der Waals surface area (Å²) < 4.78 is 5.26. The van der Waals surface area contributed by atoms with E-state index in [1.165, 1.54) is 5.56 Å². The second-order valence-electron chi connectivity index (χ2n) is 11.2. The number of hydrogen-bond acceptors (Lipinski definition) is 9. The predicted octanol–water partition coefficient (Wildman–Crippen LogP) is 5.75. The van der Waals surface area contributed by atoms with Gasteiger partial charge in [0.15, 0.2) is 5.82 Å². The number of carbonyl (C=O) groups excluding carboxylic acids is 2. The van der Waals surface area contributed by atoms with E-state index in [-0.39, 0.29) is 12.3 Å². The van der Waals surface area contributed by atoms with E-state index >= 15 is 0 Å².